The van der Waals surface area contributed by atoms with Crippen molar-refractivity contribution in [3.8, 4) is 5.75 Å². The van der Waals surface area contributed by atoms with Crippen molar-refractivity contribution in [2.75, 3.05) is 5.73 Å². The number of nitrogen functional groups attached to an aromatic ring is 1. The van der Waals surface area contributed by atoms with Gasteiger partial charge in [0.05, 0.1) is 6.04 Å². The molecule has 0 bridgehead atoms. The van der Waals surface area contributed by atoms with E-state index in [1.165, 1.54) is 0 Å². The van der Waals surface area contributed by atoms with Gasteiger partial charge < -0.3 is 16.2 Å². The molecule has 25 heavy (non-hydrogen) atoms. The molecule has 3 aromatic rings. The van der Waals surface area contributed by atoms with Crippen LogP contribution in [0.3, 0.4) is 0 Å². The molecular weight excluding hydrogens is 329 g/mol. The Morgan fingerprint density at radius 1 is 0.920 bits per heavy atom. The van der Waals surface area contributed by atoms with E-state index in [2.05, 4.69) is 0 Å². The Morgan fingerprint density at radius 3 is 2.36 bits per heavy atom. The molecule has 0 amide bonds. The number of nitrogens with two attached hydrogens (primary N) is 2. The van der Waals surface area contributed by atoms with Gasteiger partial charge in [-0.3, -0.25) is 0 Å². The first-order chi connectivity index (χ1) is 12.0. The molecule has 0 fully saturated rings. The van der Waals surface area contributed by atoms with Crippen LogP contribution in [0.15, 0.2) is 42.5 Å². The van der Waals surface area contributed by atoms with Gasteiger partial charge in [-0.1, -0.05) is 24.3 Å². The molecule has 3 nitrogen and oxygen atoms in total. The van der Waals surface area contributed by atoms with Crippen molar-refractivity contribution in [1.29, 1.82) is 0 Å². The van der Waals surface area contributed by atoms with Crippen LogP contribution >= 0.6 is 0 Å². The molecule has 0 aliphatic carbocycles. The molecule has 1 aliphatic heterocycles. The largest absolute Gasteiger partial charge is 0.483 e. The van der Waals surface area contributed by atoms with Gasteiger partial charge in [-0.05, 0) is 24.1 Å². The molecule has 0 aromatic heterocycles. The zero-order chi connectivity index (χ0) is 17.7. The van der Waals surface area contributed by atoms with Crippen molar-refractivity contribution < 1.29 is 17.9 Å². The molecule has 4 rings (SSSR count). The molecule has 0 saturated heterocycles. The van der Waals surface area contributed by atoms with Crippen molar-refractivity contribution >= 4 is 16.5 Å². The van der Waals surface area contributed by atoms with Gasteiger partial charge in [0, 0.05) is 28.1 Å². The maximum atomic E-state index is 14.2. The van der Waals surface area contributed by atoms with Crippen LogP contribution in [0, 0.1) is 17.5 Å². The molecule has 0 radical (unpaired) electrons. The summed E-state index contributed by atoms with van der Waals surface area (Å²) in [5, 5.41) is 1.58. The summed E-state index contributed by atoms with van der Waals surface area (Å²) in [7, 11) is 0. The van der Waals surface area contributed by atoms with Crippen LogP contribution in [0.5, 0.6) is 5.75 Å². The molecule has 128 valence electrons. The quantitative estimate of drug-likeness (QED) is 0.521. The maximum Gasteiger partial charge on any atom is 0.161 e. The van der Waals surface area contributed by atoms with Crippen LogP contribution in [0.4, 0.5) is 18.9 Å². The first-order valence-electron chi connectivity index (χ1n) is 7.82. The summed E-state index contributed by atoms with van der Waals surface area (Å²) in [6.45, 7) is 0. The topological polar surface area (TPSA) is 61.3 Å². The minimum absolute atomic E-state index is 0.0991. The lowest BCUT2D eigenvalue weighted by molar-refractivity contribution is 0.151. The SMILES string of the molecule is Nc1cc2c(c3ccccc13)OC(c1cc(F)c(F)cc1F)C(N)C2. The number of benzene rings is 3. The summed E-state index contributed by atoms with van der Waals surface area (Å²) in [5.41, 5.74) is 13.5. The monoisotopic (exact) mass is 344 g/mol. The first kappa shape index (κ1) is 15.8. The Hall–Kier alpha value is -2.73. The van der Waals surface area contributed by atoms with E-state index >= 15 is 0 Å². The second kappa shape index (κ2) is 5.67. The Labute approximate surface area is 142 Å². The number of rotatable bonds is 1. The van der Waals surface area contributed by atoms with Gasteiger partial charge in [0.2, 0.25) is 0 Å². The third-order valence-corrected chi connectivity index (χ3v) is 4.54. The van der Waals surface area contributed by atoms with Gasteiger partial charge in [-0.15, -0.1) is 0 Å². The van der Waals surface area contributed by atoms with Crippen molar-refractivity contribution in [3.05, 3.63) is 71.0 Å². The number of fused-ring (bicyclic) bond motifs is 3. The highest BCUT2D eigenvalue weighted by Gasteiger charge is 2.33. The van der Waals surface area contributed by atoms with Crippen molar-refractivity contribution in [1.82, 2.24) is 0 Å². The average Bonchev–Trinajstić information content (AvgIpc) is 2.58. The first-order valence-corrected chi connectivity index (χ1v) is 7.82. The molecule has 2 atom stereocenters. The minimum atomic E-state index is -1.25. The highest BCUT2D eigenvalue weighted by Crippen LogP contribution is 2.42. The van der Waals surface area contributed by atoms with Gasteiger partial charge in [0.1, 0.15) is 17.7 Å². The van der Waals surface area contributed by atoms with Crippen LogP contribution in [-0.4, -0.2) is 6.04 Å². The van der Waals surface area contributed by atoms with E-state index in [1.807, 2.05) is 24.3 Å². The zero-order valence-electron chi connectivity index (χ0n) is 13.1. The van der Waals surface area contributed by atoms with Crippen molar-refractivity contribution in [3.63, 3.8) is 0 Å². The molecule has 4 N–H and O–H groups in total. The van der Waals surface area contributed by atoms with Crippen LogP contribution in [0.25, 0.3) is 10.8 Å². The van der Waals surface area contributed by atoms with E-state index in [0.29, 0.717) is 23.9 Å². The van der Waals surface area contributed by atoms with Crippen molar-refractivity contribution in [2.45, 2.75) is 18.6 Å². The van der Waals surface area contributed by atoms with Gasteiger partial charge in [0.15, 0.2) is 11.6 Å². The van der Waals surface area contributed by atoms with E-state index in [0.717, 1.165) is 22.4 Å². The summed E-state index contributed by atoms with van der Waals surface area (Å²) in [4.78, 5) is 0. The summed E-state index contributed by atoms with van der Waals surface area (Å²) >= 11 is 0. The lowest BCUT2D eigenvalue weighted by Crippen LogP contribution is -2.38. The van der Waals surface area contributed by atoms with Crippen LogP contribution in [0.2, 0.25) is 0 Å². The van der Waals surface area contributed by atoms with E-state index in [1.54, 1.807) is 6.07 Å². The number of hydrogen-bond acceptors (Lipinski definition) is 3. The Kier molecular flexibility index (Phi) is 3.58. The van der Waals surface area contributed by atoms with E-state index in [9.17, 15) is 13.2 Å². The van der Waals surface area contributed by atoms with Gasteiger partial charge in [-0.2, -0.15) is 0 Å². The molecule has 6 heteroatoms. The second-order valence-electron chi connectivity index (χ2n) is 6.19. The van der Waals surface area contributed by atoms with Gasteiger partial charge in [-0.25, -0.2) is 13.2 Å². The predicted octanol–water partition coefficient (Wildman–Crippen LogP) is 3.84. The van der Waals surface area contributed by atoms with E-state index in [-0.39, 0.29) is 5.56 Å². The van der Waals surface area contributed by atoms with Crippen molar-refractivity contribution in [2.24, 2.45) is 5.73 Å². The summed E-state index contributed by atoms with van der Waals surface area (Å²) in [6.07, 6.45) is -0.539. The molecule has 0 saturated carbocycles. The smallest absolute Gasteiger partial charge is 0.161 e. The fraction of sp³-hybridized carbons (Fsp3) is 0.158. The summed E-state index contributed by atoms with van der Waals surface area (Å²) < 4.78 is 46.9. The lowest BCUT2D eigenvalue weighted by atomic mass is 9.90. The summed E-state index contributed by atoms with van der Waals surface area (Å²) in [5.74, 6) is -2.73. The molecule has 2 unspecified atom stereocenters. The predicted molar refractivity (Wildman–Crippen MR) is 89.7 cm³/mol. The maximum absolute atomic E-state index is 14.2. The Morgan fingerprint density at radius 2 is 1.60 bits per heavy atom. The lowest BCUT2D eigenvalue weighted by Gasteiger charge is -2.33. The normalized spacial score (nSPS) is 19.5. The number of halogens is 3. The fourth-order valence-electron chi connectivity index (χ4n) is 3.35. The number of ether oxygens (including phenoxy) is 1. The average molecular weight is 344 g/mol. The van der Waals surface area contributed by atoms with E-state index < -0.39 is 29.6 Å². The standard InChI is InChI=1S/C19H15F3N2O/c20-13-8-15(22)14(21)7-12(13)19-17(24)6-9-5-16(23)10-3-1-2-4-11(10)18(9)25-19/h1-5,7-8,17,19H,6,23-24H2. The van der Waals surface area contributed by atoms with Gasteiger partial charge >= 0.3 is 0 Å². The fourth-order valence-corrected chi connectivity index (χ4v) is 3.35. The van der Waals surface area contributed by atoms with Crippen LogP contribution in [-0.2, 0) is 6.42 Å². The third kappa shape index (κ3) is 2.49. The Balaban J connectivity index is 1.86. The van der Waals surface area contributed by atoms with Crippen LogP contribution in [0.1, 0.15) is 17.2 Å². The Bertz CT molecular complexity index is 990. The highest BCUT2D eigenvalue weighted by molar-refractivity contribution is 5.98. The second-order valence-corrected chi connectivity index (χ2v) is 6.19. The van der Waals surface area contributed by atoms with E-state index in [4.69, 9.17) is 16.2 Å². The third-order valence-electron chi connectivity index (χ3n) is 4.54. The zero-order valence-corrected chi connectivity index (χ0v) is 13.1. The molecule has 3 aromatic carbocycles. The number of anilines is 1. The summed E-state index contributed by atoms with van der Waals surface area (Å²) in [6, 6.07) is 9.88. The molecule has 0 spiro atoms. The molecule has 1 aliphatic rings. The van der Waals surface area contributed by atoms with Crippen LogP contribution < -0.4 is 16.2 Å². The molecular formula is C19H15F3N2O. The minimum Gasteiger partial charge on any atom is -0.483 e. The number of hydrogen-bond donors (Lipinski definition) is 2. The highest BCUT2D eigenvalue weighted by atomic mass is 19.2. The molecule has 1 heterocycles. The van der Waals surface area contributed by atoms with Gasteiger partial charge in [0.25, 0.3) is 0 Å².